The molecule has 468 valence electrons. The van der Waals surface area contributed by atoms with Crippen molar-refractivity contribution >= 4 is 110 Å². The maximum absolute atomic E-state index is 14.6. The molecule has 89 heavy (non-hydrogen) atoms. The molecular weight excluding hydrogens is 1170 g/mol. The second kappa shape index (κ2) is 29.7. The van der Waals surface area contributed by atoms with Crippen molar-refractivity contribution < 1.29 is 67.3 Å². The van der Waals surface area contributed by atoms with E-state index in [4.69, 9.17) is 31.5 Å². The molecular formula is C63H70ClN11O14. The number of aliphatic hydroxyl groups is 1. The minimum Gasteiger partial charge on any atom is -0.448 e. The number of aromatic nitrogens is 2. The summed E-state index contributed by atoms with van der Waals surface area (Å²) in [7, 11) is 1.48. The number of aryl methyl sites for hydroxylation is 2. The number of likely N-dealkylation sites (N-methyl/N-ethyl adjacent to an activating group) is 1. The molecule has 8 N–H and O–H groups in total. The van der Waals surface area contributed by atoms with Gasteiger partial charge in [-0.05, 0) is 91.1 Å². The van der Waals surface area contributed by atoms with Crippen molar-refractivity contribution in [1.82, 2.24) is 35.3 Å². The normalized spacial score (nSPS) is 14.1. The lowest BCUT2D eigenvalue weighted by Gasteiger charge is -2.25. The van der Waals surface area contributed by atoms with Crippen molar-refractivity contribution in [3.8, 4) is 5.75 Å². The first-order valence-electron chi connectivity index (χ1n) is 28.8. The van der Waals surface area contributed by atoms with Crippen molar-refractivity contribution in [3.63, 3.8) is 0 Å². The van der Waals surface area contributed by atoms with E-state index in [9.17, 15) is 53.1 Å². The molecule has 10 amide bonds. The average molecular weight is 1240 g/mol. The van der Waals surface area contributed by atoms with E-state index in [2.05, 4.69) is 31.2 Å². The van der Waals surface area contributed by atoms with Gasteiger partial charge in [0.2, 0.25) is 5.91 Å². The number of nitrogens with zero attached hydrogens (tertiary/aromatic N) is 5. The number of alkyl halides is 1. The fourth-order valence-corrected chi connectivity index (χ4v) is 10.6. The van der Waals surface area contributed by atoms with Crippen molar-refractivity contribution in [3.05, 3.63) is 137 Å². The topological polar surface area (TPSA) is 334 Å². The highest BCUT2D eigenvalue weighted by Gasteiger charge is 2.37. The largest absolute Gasteiger partial charge is 0.448 e. The van der Waals surface area contributed by atoms with Gasteiger partial charge in [0.15, 0.2) is 5.78 Å². The first kappa shape index (κ1) is 65.1. The number of anilines is 3. The van der Waals surface area contributed by atoms with Crippen LogP contribution in [0.3, 0.4) is 0 Å². The third kappa shape index (κ3) is 16.4. The van der Waals surface area contributed by atoms with E-state index >= 15 is 0 Å². The molecule has 0 aliphatic carbocycles. The highest BCUT2D eigenvalue weighted by molar-refractivity contribution is 6.19. The predicted molar refractivity (Wildman–Crippen MR) is 331 cm³/mol. The van der Waals surface area contributed by atoms with Crippen LogP contribution in [0.2, 0.25) is 0 Å². The number of nitrogens with one attached hydrogen (secondary N) is 5. The first-order chi connectivity index (χ1) is 42.6. The van der Waals surface area contributed by atoms with Gasteiger partial charge in [0, 0.05) is 104 Å². The number of pyridine rings is 1. The fourth-order valence-electron chi connectivity index (χ4n) is 10.4. The van der Waals surface area contributed by atoms with E-state index in [0.29, 0.717) is 44.6 Å². The second-order valence-corrected chi connectivity index (χ2v) is 22.3. The minimum atomic E-state index is -1.07. The molecule has 25 nitrogen and oxygen atoms in total. The molecule has 0 saturated carbocycles. The van der Waals surface area contributed by atoms with Crippen LogP contribution in [-0.4, -0.2) is 161 Å². The zero-order valence-electron chi connectivity index (χ0n) is 49.8. The van der Waals surface area contributed by atoms with E-state index in [0.717, 1.165) is 39.1 Å². The summed E-state index contributed by atoms with van der Waals surface area (Å²) >= 11 is 6.63. The number of carbonyl (C=O) groups is 10. The Morgan fingerprint density at radius 2 is 1.61 bits per heavy atom. The Morgan fingerprint density at radius 3 is 2.29 bits per heavy atom. The predicted octanol–water partition coefficient (Wildman–Crippen LogP) is 7.27. The number of imide groups is 1. The van der Waals surface area contributed by atoms with Gasteiger partial charge < -0.3 is 66.0 Å². The number of aromatic amines is 1. The summed E-state index contributed by atoms with van der Waals surface area (Å²) in [5, 5.41) is 22.7. The van der Waals surface area contributed by atoms with Gasteiger partial charge in [-0.2, -0.15) is 0 Å². The zero-order valence-corrected chi connectivity index (χ0v) is 50.5. The Hall–Kier alpha value is -9.88. The Kier molecular flexibility index (Phi) is 21.7. The molecule has 2 aromatic heterocycles. The number of H-pyrrole nitrogens is 1. The summed E-state index contributed by atoms with van der Waals surface area (Å²) < 4.78 is 16.9. The summed E-state index contributed by atoms with van der Waals surface area (Å²) in [6.45, 7) is 6.22. The lowest BCUT2D eigenvalue weighted by Crippen LogP contribution is -2.46. The molecule has 2 aliphatic heterocycles. The van der Waals surface area contributed by atoms with Crippen LogP contribution < -0.4 is 36.6 Å². The maximum Gasteiger partial charge on any atom is 0.415 e. The molecule has 0 unspecified atom stereocenters. The maximum atomic E-state index is 14.6. The number of ketones is 1. The highest BCUT2D eigenvalue weighted by Crippen LogP contribution is 2.47. The Labute approximate surface area is 517 Å². The number of alkyl carbamates (subject to hydrolysis) is 1. The van der Waals surface area contributed by atoms with Gasteiger partial charge in [-0.25, -0.2) is 24.2 Å². The van der Waals surface area contributed by atoms with Gasteiger partial charge in [-0.1, -0.05) is 61.9 Å². The zero-order chi connectivity index (χ0) is 64.1. The molecule has 6 aromatic rings. The number of nitrogens with two attached hydrogens (primary N) is 1. The van der Waals surface area contributed by atoms with E-state index in [-0.39, 0.29) is 101 Å². The van der Waals surface area contributed by atoms with E-state index in [1.54, 1.807) is 73.3 Å². The number of fused-ring (bicyclic) bond motifs is 4. The van der Waals surface area contributed by atoms with Crippen molar-refractivity contribution in [2.45, 2.75) is 65.5 Å². The molecule has 0 saturated heterocycles. The third-order valence-corrected chi connectivity index (χ3v) is 15.5. The standard InChI is InChI=1S/C63H70ClN11O14/c1-36(2)55(71-61(84)87-27-25-74-51(78)19-20-52(74)79)49(77)30-41(9-7-21-66-60(65)83)58(81)68-44-17-13-39(14-18-44)35-88-62(85)72(5)22-23-73(24-26-76)63(86)89-50-31-48-54(53-38(4)8-6-10-46(50)53)43(32-64)34-75(48)59(82)47-29-42-28-45(33-67-56(42)70-47)69-57(80)40-15-11-37(3)12-16-40/h6,8,10-20,28-29,31,33,36,41,43,55,76H,7,9,21-27,30,32,34-35H2,1-5H3,(H,67,70)(H,68,81)(H,69,80)(H,71,84)(H3,65,66,83)/t41-,43-,55+/m1/s1. The number of hydrogen-bond donors (Lipinski definition) is 7. The number of Topliss-reactive ketones (excluding diaryl/α,β-unsaturated/α-hetero) is 1. The van der Waals surface area contributed by atoms with Crippen molar-refractivity contribution in [2.24, 2.45) is 17.6 Å². The van der Waals surface area contributed by atoms with Gasteiger partial charge in [0.1, 0.15) is 30.3 Å². The third-order valence-electron chi connectivity index (χ3n) is 15.2. The second-order valence-electron chi connectivity index (χ2n) is 21.9. The van der Waals surface area contributed by atoms with Gasteiger partial charge >= 0.3 is 24.3 Å². The Balaban J connectivity index is 0.865. The van der Waals surface area contributed by atoms with Crippen LogP contribution in [-0.2, 0) is 35.3 Å². The molecule has 0 fully saturated rings. The molecule has 4 heterocycles. The summed E-state index contributed by atoms with van der Waals surface area (Å²) in [5.74, 6) is -4.09. The van der Waals surface area contributed by atoms with Crippen LogP contribution in [0.5, 0.6) is 5.75 Å². The Bertz CT molecular complexity index is 3690. The lowest BCUT2D eigenvalue weighted by molar-refractivity contribution is -0.137. The van der Waals surface area contributed by atoms with Crippen LogP contribution in [0.15, 0.2) is 103 Å². The fraction of sp³-hybridized carbons (Fsp3) is 0.349. The number of benzene rings is 4. The quantitative estimate of drug-likeness (QED) is 0.0159. The number of halogens is 1. The number of aliphatic hydroxyl groups excluding tert-OH is 1. The molecule has 0 spiro atoms. The molecule has 4 aromatic carbocycles. The molecule has 0 bridgehead atoms. The molecule has 8 rings (SSSR count). The molecule has 2 aliphatic rings. The van der Waals surface area contributed by atoms with E-state index < -0.39 is 78.2 Å². The summed E-state index contributed by atoms with van der Waals surface area (Å²) in [4.78, 5) is 143. The number of carbonyl (C=O) groups excluding carboxylic acids is 10. The number of primary amides is 1. The minimum absolute atomic E-state index is 0.0355. The number of rotatable bonds is 26. The van der Waals surface area contributed by atoms with Crippen LogP contribution in [0.4, 0.5) is 36.2 Å². The van der Waals surface area contributed by atoms with Gasteiger partial charge in [-0.3, -0.25) is 33.7 Å². The number of ether oxygens (including phenoxy) is 3. The first-order valence-corrected chi connectivity index (χ1v) is 29.3. The monoisotopic (exact) mass is 1240 g/mol. The smallest absolute Gasteiger partial charge is 0.415 e. The van der Waals surface area contributed by atoms with E-state index in [1.807, 2.05) is 44.2 Å². The van der Waals surface area contributed by atoms with Gasteiger partial charge in [0.25, 0.3) is 23.6 Å². The molecule has 0 radical (unpaired) electrons. The van der Waals surface area contributed by atoms with E-state index in [1.165, 1.54) is 23.0 Å². The number of urea groups is 1. The summed E-state index contributed by atoms with van der Waals surface area (Å²) in [6.07, 6.45) is 1.32. The summed E-state index contributed by atoms with van der Waals surface area (Å²) in [6, 6.07) is 22.3. The van der Waals surface area contributed by atoms with Crippen LogP contribution in [0.1, 0.15) is 82.1 Å². The number of hydrogen-bond acceptors (Lipinski definition) is 15. The van der Waals surface area contributed by atoms with Crippen LogP contribution >= 0.6 is 11.6 Å². The molecule has 26 heteroatoms. The molecule has 3 atom stereocenters. The van der Waals surface area contributed by atoms with Gasteiger partial charge in [-0.15, -0.1) is 11.6 Å². The number of amides is 10. The lowest BCUT2D eigenvalue weighted by atomic mass is 9.89. The summed E-state index contributed by atoms with van der Waals surface area (Å²) in [5.41, 5.74) is 10.8. The SMILES string of the molecule is Cc1ccc(C(=O)Nc2cnc3[nH]c(C(=O)N4C[C@@H](CCl)c5c4cc(OC(=O)N(CCO)CCN(C)C(=O)OCc4ccc(NC(=O)[C@H](CCCNC(N)=O)CC(=O)[C@@H](NC(=O)OCCN6C(=O)C=CC6=O)C(C)C)cc4)c4cccc(C)c54)cc3c2)cc1. The van der Waals surface area contributed by atoms with Crippen molar-refractivity contribution in [2.75, 3.05) is 80.9 Å². The Morgan fingerprint density at radius 1 is 0.876 bits per heavy atom. The highest BCUT2D eigenvalue weighted by atomic mass is 35.5. The van der Waals surface area contributed by atoms with Gasteiger partial charge in [0.05, 0.1) is 36.8 Å². The van der Waals surface area contributed by atoms with Crippen LogP contribution in [0.25, 0.3) is 21.8 Å². The van der Waals surface area contributed by atoms with Crippen LogP contribution in [0, 0.1) is 25.7 Å². The average Bonchev–Trinajstić information content (AvgIpc) is 1.66. The van der Waals surface area contributed by atoms with Crippen molar-refractivity contribution in [1.29, 1.82) is 0 Å².